The summed E-state index contributed by atoms with van der Waals surface area (Å²) in [5.74, 6) is 0.667. The largest absolute Gasteiger partial charge is 0.489 e. The van der Waals surface area contributed by atoms with Crippen LogP contribution in [0.25, 0.3) is 5.52 Å². The summed E-state index contributed by atoms with van der Waals surface area (Å²) in [6.45, 7) is 2.35. The number of anilines is 1. The Kier molecular flexibility index (Phi) is 4.58. The van der Waals surface area contributed by atoms with Crippen LogP contribution in [-0.4, -0.2) is 15.3 Å². The molecular formula is C22H19N3O2. The molecule has 5 nitrogen and oxygen atoms in total. The predicted octanol–water partition coefficient (Wildman–Crippen LogP) is 4.47. The highest BCUT2D eigenvalue weighted by molar-refractivity contribution is 6.05. The SMILES string of the molecule is Cc1c(C(=O)Nc2cccc(COc3ccccc3)c2)ccc2cncn12. The number of amides is 1. The summed E-state index contributed by atoms with van der Waals surface area (Å²) in [5.41, 5.74) is 4.15. The molecule has 2 aromatic heterocycles. The first-order valence-corrected chi connectivity index (χ1v) is 8.70. The van der Waals surface area contributed by atoms with Gasteiger partial charge in [0.1, 0.15) is 12.4 Å². The zero-order valence-electron chi connectivity index (χ0n) is 14.9. The minimum Gasteiger partial charge on any atom is -0.489 e. The standard InChI is InChI=1S/C22H19N3O2/c1-16-21(11-10-19-13-23-15-25(16)19)22(26)24-18-7-5-6-17(12-18)14-27-20-8-3-2-4-9-20/h2-13,15H,14H2,1H3,(H,24,26). The van der Waals surface area contributed by atoms with E-state index in [4.69, 9.17) is 4.74 Å². The lowest BCUT2D eigenvalue weighted by Crippen LogP contribution is -2.15. The van der Waals surface area contributed by atoms with E-state index in [9.17, 15) is 4.79 Å². The van der Waals surface area contributed by atoms with Crippen LogP contribution in [0.1, 0.15) is 21.6 Å². The molecule has 4 aromatic rings. The van der Waals surface area contributed by atoms with Crippen LogP contribution in [0.15, 0.2) is 79.3 Å². The number of aryl methyl sites for hydroxylation is 1. The van der Waals surface area contributed by atoms with Gasteiger partial charge in [-0.05, 0) is 48.9 Å². The number of hydrogen-bond acceptors (Lipinski definition) is 3. The van der Waals surface area contributed by atoms with E-state index in [1.54, 1.807) is 12.5 Å². The predicted molar refractivity (Wildman–Crippen MR) is 105 cm³/mol. The summed E-state index contributed by atoms with van der Waals surface area (Å²) in [7, 11) is 0. The van der Waals surface area contributed by atoms with Crippen LogP contribution in [0.4, 0.5) is 5.69 Å². The molecule has 0 aliphatic heterocycles. The highest BCUT2D eigenvalue weighted by Gasteiger charge is 2.12. The molecule has 0 fully saturated rings. The van der Waals surface area contributed by atoms with Crippen LogP contribution >= 0.6 is 0 Å². The lowest BCUT2D eigenvalue weighted by Gasteiger charge is -2.11. The van der Waals surface area contributed by atoms with Crippen molar-refractivity contribution < 1.29 is 9.53 Å². The number of ether oxygens (including phenoxy) is 1. The number of carbonyl (C=O) groups excluding carboxylic acids is 1. The second-order valence-corrected chi connectivity index (χ2v) is 6.28. The third-order valence-electron chi connectivity index (χ3n) is 4.42. The number of benzene rings is 2. The van der Waals surface area contributed by atoms with Gasteiger partial charge in [0.2, 0.25) is 0 Å². The molecule has 134 valence electrons. The van der Waals surface area contributed by atoms with Gasteiger partial charge in [-0.2, -0.15) is 0 Å². The van der Waals surface area contributed by atoms with Crippen LogP contribution < -0.4 is 10.1 Å². The fourth-order valence-corrected chi connectivity index (χ4v) is 2.99. The van der Waals surface area contributed by atoms with Crippen molar-refractivity contribution >= 4 is 17.1 Å². The third-order valence-corrected chi connectivity index (χ3v) is 4.42. The summed E-state index contributed by atoms with van der Waals surface area (Å²) in [6.07, 6.45) is 3.48. The number of hydrogen-bond donors (Lipinski definition) is 1. The van der Waals surface area contributed by atoms with Crippen LogP contribution in [0.3, 0.4) is 0 Å². The molecule has 0 aliphatic carbocycles. The van der Waals surface area contributed by atoms with Crippen LogP contribution in [0, 0.1) is 6.92 Å². The number of rotatable bonds is 5. The summed E-state index contributed by atoms with van der Waals surface area (Å²) < 4.78 is 7.67. The van der Waals surface area contributed by atoms with E-state index in [0.717, 1.165) is 28.2 Å². The molecule has 0 saturated carbocycles. The number of fused-ring (bicyclic) bond motifs is 1. The summed E-state index contributed by atoms with van der Waals surface area (Å²) >= 11 is 0. The van der Waals surface area contributed by atoms with Gasteiger partial charge in [0.05, 0.1) is 23.6 Å². The molecule has 0 spiro atoms. The van der Waals surface area contributed by atoms with E-state index >= 15 is 0 Å². The van der Waals surface area contributed by atoms with Gasteiger partial charge in [-0.25, -0.2) is 4.98 Å². The molecule has 0 atom stereocenters. The molecule has 1 N–H and O–H groups in total. The van der Waals surface area contributed by atoms with Crippen LogP contribution in [0.5, 0.6) is 5.75 Å². The Morgan fingerprint density at radius 2 is 1.93 bits per heavy atom. The Bertz CT molecular complexity index is 1090. The number of para-hydroxylation sites is 1. The van der Waals surface area contributed by atoms with Gasteiger partial charge in [0, 0.05) is 11.4 Å². The van der Waals surface area contributed by atoms with Gasteiger partial charge in [0.25, 0.3) is 5.91 Å². The Hall–Kier alpha value is -3.60. The molecule has 0 saturated heterocycles. The lowest BCUT2D eigenvalue weighted by atomic mass is 10.1. The third kappa shape index (κ3) is 3.67. The average molecular weight is 357 g/mol. The number of imidazole rings is 1. The van der Waals surface area contributed by atoms with Gasteiger partial charge in [-0.15, -0.1) is 0 Å². The maximum Gasteiger partial charge on any atom is 0.257 e. The maximum absolute atomic E-state index is 12.7. The van der Waals surface area contributed by atoms with Crippen molar-refractivity contribution in [2.75, 3.05) is 5.32 Å². The molecule has 2 aromatic carbocycles. The van der Waals surface area contributed by atoms with E-state index in [-0.39, 0.29) is 5.91 Å². The summed E-state index contributed by atoms with van der Waals surface area (Å²) in [6, 6.07) is 21.0. The van der Waals surface area contributed by atoms with Crippen LogP contribution in [0.2, 0.25) is 0 Å². The molecule has 0 unspecified atom stereocenters. The van der Waals surface area contributed by atoms with Crippen molar-refractivity contribution in [1.29, 1.82) is 0 Å². The van der Waals surface area contributed by atoms with Crippen molar-refractivity contribution in [2.24, 2.45) is 0 Å². The zero-order valence-corrected chi connectivity index (χ0v) is 14.9. The highest BCUT2D eigenvalue weighted by atomic mass is 16.5. The summed E-state index contributed by atoms with van der Waals surface area (Å²) in [5, 5.41) is 2.97. The number of carbonyl (C=O) groups is 1. The molecule has 0 aliphatic rings. The monoisotopic (exact) mass is 357 g/mol. The molecule has 1 amide bonds. The van der Waals surface area contributed by atoms with Crippen molar-refractivity contribution in [3.63, 3.8) is 0 Å². The first kappa shape index (κ1) is 16.8. The fourth-order valence-electron chi connectivity index (χ4n) is 2.99. The number of pyridine rings is 1. The van der Waals surface area contributed by atoms with Gasteiger partial charge in [0.15, 0.2) is 0 Å². The van der Waals surface area contributed by atoms with E-state index in [2.05, 4.69) is 10.3 Å². The van der Waals surface area contributed by atoms with E-state index in [1.165, 1.54) is 0 Å². The van der Waals surface area contributed by atoms with Gasteiger partial charge >= 0.3 is 0 Å². The van der Waals surface area contributed by atoms with E-state index in [1.807, 2.05) is 78.1 Å². The van der Waals surface area contributed by atoms with Crippen molar-refractivity contribution in [3.05, 3.63) is 96.1 Å². The van der Waals surface area contributed by atoms with Gasteiger partial charge in [-0.3, -0.25) is 4.79 Å². The smallest absolute Gasteiger partial charge is 0.257 e. The van der Waals surface area contributed by atoms with E-state index in [0.29, 0.717) is 12.2 Å². The number of aromatic nitrogens is 2. The molecule has 0 radical (unpaired) electrons. The summed E-state index contributed by atoms with van der Waals surface area (Å²) in [4.78, 5) is 16.8. The second-order valence-electron chi connectivity index (χ2n) is 6.28. The zero-order chi connectivity index (χ0) is 18.6. The average Bonchev–Trinajstić information content (AvgIpc) is 3.17. The lowest BCUT2D eigenvalue weighted by molar-refractivity contribution is 0.102. The van der Waals surface area contributed by atoms with E-state index < -0.39 is 0 Å². The minimum atomic E-state index is -0.149. The quantitative estimate of drug-likeness (QED) is 0.573. The minimum absolute atomic E-state index is 0.149. The Balaban J connectivity index is 1.48. The molecule has 27 heavy (non-hydrogen) atoms. The Labute approximate surface area is 157 Å². The number of nitrogens with zero attached hydrogens (tertiary/aromatic N) is 2. The molecule has 5 heteroatoms. The highest BCUT2D eigenvalue weighted by Crippen LogP contribution is 2.17. The molecule has 4 rings (SSSR count). The first-order valence-electron chi connectivity index (χ1n) is 8.70. The molecular weight excluding hydrogens is 338 g/mol. The maximum atomic E-state index is 12.7. The van der Waals surface area contributed by atoms with Gasteiger partial charge < -0.3 is 14.5 Å². The Morgan fingerprint density at radius 3 is 2.78 bits per heavy atom. The Morgan fingerprint density at radius 1 is 1.07 bits per heavy atom. The molecule has 2 heterocycles. The fraction of sp³-hybridized carbons (Fsp3) is 0.0909. The first-order chi connectivity index (χ1) is 13.2. The second kappa shape index (κ2) is 7.33. The van der Waals surface area contributed by atoms with Crippen molar-refractivity contribution in [1.82, 2.24) is 9.38 Å². The normalized spacial score (nSPS) is 10.7. The topological polar surface area (TPSA) is 55.6 Å². The van der Waals surface area contributed by atoms with Crippen molar-refractivity contribution in [2.45, 2.75) is 13.5 Å². The molecule has 0 bridgehead atoms. The van der Waals surface area contributed by atoms with Crippen molar-refractivity contribution in [3.8, 4) is 5.75 Å². The number of nitrogens with one attached hydrogen (secondary N) is 1. The van der Waals surface area contributed by atoms with Crippen LogP contribution in [-0.2, 0) is 6.61 Å². The van der Waals surface area contributed by atoms with Gasteiger partial charge in [-0.1, -0.05) is 30.3 Å².